The Morgan fingerprint density at radius 3 is 2.44 bits per heavy atom. The van der Waals surface area contributed by atoms with Crippen molar-refractivity contribution in [2.75, 3.05) is 43.1 Å². The van der Waals surface area contributed by atoms with Crippen molar-refractivity contribution in [2.45, 2.75) is 38.8 Å². The number of carbonyl (C=O) groups excluding carboxylic acids is 1. The molecule has 1 aliphatic heterocycles. The fourth-order valence-electron chi connectivity index (χ4n) is 3.74. The van der Waals surface area contributed by atoms with E-state index in [1.807, 2.05) is 0 Å². The van der Waals surface area contributed by atoms with E-state index in [4.69, 9.17) is 10.5 Å². The lowest BCUT2D eigenvalue weighted by atomic mass is 10.0. The molecule has 0 radical (unpaired) electrons. The van der Waals surface area contributed by atoms with Gasteiger partial charge in [-0.25, -0.2) is 17.6 Å². The van der Waals surface area contributed by atoms with Crippen molar-refractivity contribution in [1.29, 1.82) is 0 Å². The van der Waals surface area contributed by atoms with Gasteiger partial charge in [0, 0.05) is 30.7 Å². The highest BCUT2D eigenvalue weighted by Gasteiger charge is 2.26. The minimum Gasteiger partial charge on any atom is -0.378 e. The van der Waals surface area contributed by atoms with Crippen LogP contribution in [-0.2, 0) is 4.74 Å². The number of carbonyl (C=O) groups is 1. The molecule has 1 saturated heterocycles. The first-order chi connectivity index (χ1) is 16.0. The van der Waals surface area contributed by atoms with Gasteiger partial charge in [0.15, 0.2) is 0 Å². The Hall–Kier alpha value is -2.85. The number of amides is 1. The monoisotopic (exact) mass is 482 g/mol. The Balaban J connectivity index is 1.96. The zero-order chi connectivity index (χ0) is 25.0. The molecule has 0 bridgehead atoms. The molecular weight excluding hydrogens is 452 g/mol. The molecule has 4 N–H and O–H groups in total. The van der Waals surface area contributed by atoms with Gasteiger partial charge in [0.2, 0.25) is 0 Å². The van der Waals surface area contributed by atoms with Gasteiger partial charge < -0.3 is 26.0 Å². The van der Waals surface area contributed by atoms with Gasteiger partial charge in [-0.2, -0.15) is 0 Å². The number of nitrogens with two attached hydrogens (primary N) is 1. The van der Waals surface area contributed by atoms with E-state index < -0.39 is 41.1 Å². The third-order valence-electron chi connectivity index (χ3n) is 5.77. The van der Waals surface area contributed by atoms with Crippen LogP contribution < -0.4 is 21.3 Å². The van der Waals surface area contributed by atoms with E-state index in [0.29, 0.717) is 26.3 Å². The molecule has 1 fully saturated rings. The Bertz CT molecular complexity index is 1030. The van der Waals surface area contributed by atoms with Crippen LogP contribution in [0.1, 0.15) is 54.7 Å². The molecule has 1 aliphatic rings. The summed E-state index contributed by atoms with van der Waals surface area (Å²) < 4.78 is 61.2. The summed E-state index contributed by atoms with van der Waals surface area (Å²) >= 11 is 0. The molecule has 0 aromatic heterocycles. The number of nitrogens with one attached hydrogen (secondary N) is 2. The Kier molecular flexibility index (Phi) is 8.04. The summed E-state index contributed by atoms with van der Waals surface area (Å²) in [7, 11) is 0. The van der Waals surface area contributed by atoms with Crippen molar-refractivity contribution >= 4 is 17.3 Å². The van der Waals surface area contributed by atoms with Crippen molar-refractivity contribution in [1.82, 2.24) is 5.32 Å². The lowest BCUT2D eigenvalue weighted by Crippen LogP contribution is -2.40. The zero-order valence-electron chi connectivity index (χ0n) is 19.4. The molecular formula is C24H30F4N4O2. The van der Waals surface area contributed by atoms with Gasteiger partial charge in [0.05, 0.1) is 41.8 Å². The lowest BCUT2D eigenvalue weighted by molar-refractivity contribution is 0.0940. The molecule has 186 valence electrons. The number of anilines is 2. The van der Waals surface area contributed by atoms with Gasteiger partial charge in [-0.3, -0.25) is 4.79 Å². The fourth-order valence-corrected chi connectivity index (χ4v) is 3.74. The molecule has 10 heteroatoms. The van der Waals surface area contributed by atoms with Crippen LogP contribution in [0.3, 0.4) is 0 Å². The van der Waals surface area contributed by atoms with Gasteiger partial charge in [0.1, 0.15) is 11.6 Å². The van der Waals surface area contributed by atoms with Crippen LogP contribution in [0.5, 0.6) is 0 Å². The summed E-state index contributed by atoms with van der Waals surface area (Å²) in [5.74, 6) is -2.20. The molecule has 6 nitrogen and oxygen atoms in total. The standard InChI is InChI=1S/C24H30F4N4O2/c1-14(15-5-4-6-16(21(15)26)22(27)28)30-23(33)17-11-20(32-7-9-34-10-8-32)18(25)12-19(17)31-24(2,3)13-29/h4-6,11-12,14,22,31H,7-10,13,29H2,1-3H3,(H,30,33)/t14-/m1/s1. The highest BCUT2D eigenvalue weighted by atomic mass is 19.3. The largest absolute Gasteiger partial charge is 0.378 e. The van der Waals surface area contributed by atoms with Gasteiger partial charge in [-0.1, -0.05) is 18.2 Å². The second-order valence-corrected chi connectivity index (χ2v) is 8.91. The van der Waals surface area contributed by atoms with E-state index in [1.54, 1.807) is 18.7 Å². The highest BCUT2D eigenvalue weighted by Crippen LogP contribution is 2.31. The second-order valence-electron chi connectivity index (χ2n) is 8.91. The smallest absolute Gasteiger partial charge is 0.266 e. The lowest BCUT2D eigenvalue weighted by Gasteiger charge is -2.31. The number of alkyl halides is 2. The number of nitrogens with zero attached hydrogens (tertiary/aromatic N) is 1. The summed E-state index contributed by atoms with van der Waals surface area (Å²) in [6, 6.07) is 5.41. The van der Waals surface area contributed by atoms with Gasteiger partial charge in [-0.15, -0.1) is 0 Å². The van der Waals surface area contributed by atoms with Crippen LogP contribution in [0.15, 0.2) is 30.3 Å². The zero-order valence-corrected chi connectivity index (χ0v) is 19.4. The quantitative estimate of drug-likeness (QED) is 0.487. The highest BCUT2D eigenvalue weighted by molar-refractivity contribution is 6.01. The second kappa shape index (κ2) is 10.6. The van der Waals surface area contributed by atoms with Crippen LogP contribution in [0.2, 0.25) is 0 Å². The van der Waals surface area contributed by atoms with Crippen LogP contribution in [-0.4, -0.2) is 44.3 Å². The van der Waals surface area contributed by atoms with E-state index >= 15 is 4.39 Å². The van der Waals surface area contributed by atoms with E-state index in [0.717, 1.165) is 6.07 Å². The average molecular weight is 483 g/mol. The summed E-state index contributed by atoms with van der Waals surface area (Å²) in [4.78, 5) is 15.1. The van der Waals surface area contributed by atoms with Crippen LogP contribution in [0.4, 0.5) is 28.9 Å². The average Bonchev–Trinajstić information content (AvgIpc) is 2.79. The van der Waals surface area contributed by atoms with Crippen molar-refractivity contribution in [3.05, 3.63) is 58.7 Å². The number of morpholine rings is 1. The molecule has 1 heterocycles. The maximum Gasteiger partial charge on any atom is 0.266 e. The first-order valence-electron chi connectivity index (χ1n) is 11.1. The van der Waals surface area contributed by atoms with E-state index in [-0.39, 0.29) is 29.0 Å². The predicted molar refractivity (Wildman–Crippen MR) is 123 cm³/mol. The van der Waals surface area contributed by atoms with Gasteiger partial charge >= 0.3 is 0 Å². The maximum atomic E-state index is 15.1. The van der Waals surface area contributed by atoms with Crippen LogP contribution in [0, 0.1) is 11.6 Å². The van der Waals surface area contributed by atoms with Gasteiger partial charge in [0.25, 0.3) is 12.3 Å². The minimum absolute atomic E-state index is 0.0709. The SMILES string of the molecule is C[C@@H](NC(=O)c1cc(N2CCOCC2)c(F)cc1NC(C)(C)CN)c1cccc(C(F)F)c1F. The number of benzene rings is 2. The molecule has 1 atom stereocenters. The molecule has 1 amide bonds. The van der Waals surface area contributed by atoms with E-state index in [1.165, 1.54) is 31.2 Å². The molecule has 0 saturated carbocycles. The van der Waals surface area contributed by atoms with Crippen molar-refractivity contribution in [3.63, 3.8) is 0 Å². The number of halogens is 4. The van der Waals surface area contributed by atoms with Crippen LogP contribution in [0.25, 0.3) is 0 Å². The van der Waals surface area contributed by atoms with E-state index in [9.17, 15) is 18.0 Å². The molecule has 34 heavy (non-hydrogen) atoms. The normalized spacial score (nSPS) is 15.4. The minimum atomic E-state index is -2.98. The van der Waals surface area contributed by atoms with E-state index in [2.05, 4.69) is 10.6 Å². The molecule has 3 rings (SSSR count). The third kappa shape index (κ3) is 5.79. The summed E-state index contributed by atoms with van der Waals surface area (Å²) in [5, 5.41) is 5.75. The first kappa shape index (κ1) is 25.8. The number of hydrogen-bond donors (Lipinski definition) is 3. The van der Waals surface area contributed by atoms with Crippen molar-refractivity contribution in [3.8, 4) is 0 Å². The van der Waals surface area contributed by atoms with Crippen LogP contribution >= 0.6 is 0 Å². The first-order valence-corrected chi connectivity index (χ1v) is 11.1. The Labute approximate surface area is 196 Å². The number of ether oxygens (including phenoxy) is 1. The van der Waals surface area contributed by atoms with Crippen molar-refractivity contribution < 1.29 is 27.1 Å². The summed E-state index contributed by atoms with van der Waals surface area (Å²) in [6.45, 7) is 7.09. The van der Waals surface area contributed by atoms with Gasteiger partial charge in [-0.05, 0) is 32.9 Å². The molecule has 0 aliphatic carbocycles. The summed E-state index contributed by atoms with van der Waals surface area (Å²) in [5.41, 5.74) is 4.93. The van der Waals surface area contributed by atoms with Crippen molar-refractivity contribution in [2.24, 2.45) is 5.73 Å². The molecule has 0 unspecified atom stereocenters. The summed E-state index contributed by atoms with van der Waals surface area (Å²) in [6.07, 6.45) is -2.98. The topological polar surface area (TPSA) is 79.6 Å². The maximum absolute atomic E-state index is 15.1. The Morgan fingerprint density at radius 1 is 1.18 bits per heavy atom. The molecule has 2 aromatic carbocycles. The number of hydrogen-bond acceptors (Lipinski definition) is 5. The predicted octanol–water partition coefficient (Wildman–Crippen LogP) is 4.38. The molecule has 2 aromatic rings. The Morgan fingerprint density at radius 2 is 1.82 bits per heavy atom. The molecule has 0 spiro atoms. The number of rotatable bonds is 8. The third-order valence-corrected chi connectivity index (χ3v) is 5.77. The fraction of sp³-hybridized carbons (Fsp3) is 0.458.